The molecule has 1 heterocycles. The predicted octanol–water partition coefficient (Wildman–Crippen LogP) is 4.30. The summed E-state index contributed by atoms with van der Waals surface area (Å²) in [5.41, 5.74) is 6.98. The average Bonchev–Trinajstić information content (AvgIpc) is 2.87. The van der Waals surface area contributed by atoms with Crippen molar-refractivity contribution in [1.82, 2.24) is 0 Å². The highest BCUT2D eigenvalue weighted by atomic mass is 32.1. The van der Waals surface area contributed by atoms with Crippen molar-refractivity contribution in [2.24, 2.45) is 0 Å². The van der Waals surface area contributed by atoms with Crippen molar-refractivity contribution >= 4 is 22.7 Å². The number of ether oxygens (including phenoxy) is 1. The third-order valence-corrected chi connectivity index (χ3v) is 3.85. The SMILES string of the molecule is CC(Cc1cccs1)Nc1cc(OC(C)C)c(F)cc1N. The van der Waals surface area contributed by atoms with Crippen molar-refractivity contribution < 1.29 is 9.13 Å². The van der Waals surface area contributed by atoms with E-state index in [1.165, 1.54) is 10.9 Å². The predicted molar refractivity (Wildman–Crippen MR) is 87.7 cm³/mol. The summed E-state index contributed by atoms with van der Waals surface area (Å²) in [4.78, 5) is 1.30. The number of nitrogens with one attached hydrogen (secondary N) is 1. The molecule has 0 radical (unpaired) electrons. The highest BCUT2D eigenvalue weighted by molar-refractivity contribution is 7.09. The van der Waals surface area contributed by atoms with Crippen LogP contribution in [0.3, 0.4) is 0 Å². The summed E-state index contributed by atoms with van der Waals surface area (Å²) in [7, 11) is 0. The van der Waals surface area contributed by atoms with Crippen LogP contribution in [0.2, 0.25) is 0 Å². The quantitative estimate of drug-likeness (QED) is 0.782. The minimum atomic E-state index is -0.433. The molecule has 0 aliphatic rings. The minimum absolute atomic E-state index is 0.0838. The molecule has 1 atom stereocenters. The topological polar surface area (TPSA) is 47.3 Å². The lowest BCUT2D eigenvalue weighted by atomic mass is 10.1. The van der Waals surface area contributed by atoms with Gasteiger partial charge in [0.15, 0.2) is 11.6 Å². The Bertz CT molecular complexity index is 584. The first kappa shape index (κ1) is 15.6. The van der Waals surface area contributed by atoms with E-state index in [1.54, 1.807) is 17.4 Å². The van der Waals surface area contributed by atoms with Crippen molar-refractivity contribution in [3.05, 3.63) is 40.3 Å². The van der Waals surface area contributed by atoms with Crippen LogP contribution in [0.5, 0.6) is 5.75 Å². The molecule has 0 aliphatic carbocycles. The molecule has 0 saturated heterocycles. The molecule has 21 heavy (non-hydrogen) atoms. The molecule has 1 aromatic carbocycles. The zero-order chi connectivity index (χ0) is 15.4. The third-order valence-electron chi connectivity index (χ3n) is 2.96. The summed E-state index contributed by atoms with van der Waals surface area (Å²) in [6.45, 7) is 5.80. The molecule has 0 spiro atoms. The number of benzene rings is 1. The fraction of sp³-hybridized carbons (Fsp3) is 0.375. The maximum absolute atomic E-state index is 13.8. The lowest BCUT2D eigenvalue weighted by Gasteiger charge is -2.18. The van der Waals surface area contributed by atoms with E-state index in [-0.39, 0.29) is 17.9 Å². The molecule has 2 rings (SSSR count). The van der Waals surface area contributed by atoms with Crippen LogP contribution in [0.4, 0.5) is 15.8 Å². The molecule has 3 nitrogen and oxygen atoms in total. The fourth-order valence-corrected chi connectivity index (χ4v) is 2.92. The van der Waals surface area contributed by atoms with Crippen LogP contribution in [0.15, 0.2) is 29.6 Å². The number of hydrogen-bond donors (Lipinski definition) is 2. The second-order valence-electron chi connectivity index (χ2n) is 5.37. The first-order valence-electron chi connectivity index (χ1n) is 7.00. The van der Waals surface area contributed by atoms with Crippen LogP contribution in [0, 0.1) is 5.82 Å². The van der Waals surface area contributed by atoms with Gasteiger partial charge in [-0.25, -0.2) is 4.39 Å². The van der Waals surface area contributed by atoms with Crippen LogP contribution >= 0.6 is 11.3 Å². The summed E-state index contributed by atoms with van der Waals surface area (Å²) >= 11 is 1.72. The molecule has 5 heteroatoms. The van der Waals surface area contributed by atoms with Gasteiger partial charge in [-0.2, -0.15) is 0 Å². The Hall–Kier alpha value is -1.75. The molecule has 0 amide bonds. The van der Waals surface area contributed by atoms with Gasteiger partial charge in [-0.1, -0.05) is 6.07 Å². The van der Waals surface area contributed by atoms with Crippen molar-refractivity contribution in [2.75, 3.05) is 11.1 Å². The van der Waals surface area contributed by atoms with Crippen LogP contribution in [-0.2, 0) is 6.42 Å². The van der Waals surface area contributed by atoms with Gasteiger partial charge >= 0.3 is 0 Å². The number of anilines is 2. The monoisotopic (exact) mass is 308 g/mol. The fourth-order valence-electron chi connectivity index (χ4n) is 2.09. The Labute approximate surface area is 128 Å². The molecular formula is C16H21FN2OS. The number of nitrogens with two attached hydrogens (primary N) is 1. The maximum Gasteiger partial charge on any atom is 0.167 e. The molecule has 0 saturated carbocycles. The van der Waals surface area contributed by atoms with Gasteiger partial charge in [0.1, 0.15) is 0 Å². The van der Waals surface area contributed by atoms with Gasteiger partial charge in [-0.3, -0.25) is 0 Å². The Morgan fingerprint density at radius 3 is 2.71 bits per heavy atom. The zero-order valence-electron chi connectivity index (χ0n) is 12.5. The Morgan fingerprint density at radius 2 is 2.10 bits per heavy atom. The van der Waals surface area contributed by atoms with E-state index in [9.17, 15) is 4.39 Å². The lowest BCUT2D eigenvalue weighted by Crippen LogP contribution is -2.19. The van der Waals surface area contributed by atoms with E-state index in [2.05, 4.69) is 23.7 Å². The summed E-state index contributed by atoms with van der Waals surface area (Å²) in [6.07, 6.45) is 0.814. The largest absolute Gasteiger partial charge is 0.488 e. The van der Waals surface area contributed by atoms with Gasteiger partial charge in [0, 0.05) is 29.5 Å². The smallest absolute Gasteiger partial charge is 0.167 e. The second-order valence-corrected chi connectivity index (χ2v) is 6.40. The van der Waals surface area contributed by atoms with Crippen molar-refractivity contribution in [1.29, 1.82) is 0 Å². The number of halogens is 1. The molecule has 1 unspecified atom stereocenters. The van der Waals surface area contributed by atoms with Gasteiger partial charge in [-0.05, 0) is 32.2 Å². The molecule has 0 aliphatic heterocycles. The van der Waals surface area contributed by atoms with Crippen LogP contribution < -0.4 is 15.8 Å². The van der Waals surface area contributed by atoms with Crippen LogP contribution in [0.1, 0.15) is 25.6 Å². The Balaban J connectivity index is 2.11. The third kappa shape index (κ3) is 4.36. The molecule has 114 valence electrons. The van der Waals surface area contributed by atoms with E-state index in [0.717, 1.165) is 6.42 Å². The molecule has 3 N–H and O–H groups in total. The van der Waals surface area contributed by atoms with Gasteiger partial charge in [0.25, 0.3) is 0 Å². The second kappa shape index (κ2) is 6.80. The number of hydrogen-bond acceptors (Lipinski definition) is 4. The Kier molecular flexibility index (Phi) is 5.07. The van der Waals surface area contributed by atoms with E-state index in [0.29, 0.717) is 11.4 Å². The standard InChI is InChI=1S/C16H21FN2OS/c1-10(2)20-16-9-15(14(18)8-13(16)17)19-11(3)7-12-5-4-6-21-12/h4-6,8-11,19H,7,18H2,1-3H3. The first-order chi connectivity index (χ1) is 9.95. The Morgan fingerprint density at radius 1 is 1.33 bits per heavy atom. The normalized spacial score (nSPS) is 12.4. The van der Waals surface area contributed by atoms with Crippen molar-refractivity contribution in [2.45, 2.75) is 39.3 Å². The number of thiophene rings is 1. The van der Waals surface area contributed by atoms with Gasteiger partial charge in [0.05, 0.1) is 17.5 Å². The van der Waals surface area contributed by atoms with Gasteiger partial charge < -0.3 is 15.8 Å². The van der Waals surface area contributed by atoms with Crippen LogP contribution in [0.25, 0.3) is 0 Å². The van der Waals surface area contributed by atoms with E-state index in [1.807, 2.05) is 19.9 Å². The van der Waals surface area contributed by atoms with E-state index < -0.39 is 5.82 Å². The van der Waals surface area contributed by atoms with Crippen molar-refractivity contribution in [3.63, 3.8) is 0 Å². The van der Waals surface area contributed by atoms with Crippen molar-refractivity contribution in [3.8, 4) is 5.75 Å². The minimum Gasteiger partial charge on any atom is -0.488 e. The first-order valence-corrected chi connectivity index (χ1v) is 7.88. The average molecular weight is 308 g/mol. The molecule has 1 aromatic heterocycles. The van der Waals surface area contributed by atoms with Gasteiger partial charge in [0.2, 0.25) is 0 Å². The molecule has 0 bridgehead atoms. The van der Waals surface area contributed by atoms with E-state index >= 15 is 0 Å². The summed E-state index contributed by atoms with van der Waals surface area (Å²) in [5.74, 6) is -0.206. The zero-order valence-corrected chi connectivity index (χ0v) is 13.3. The molecule has 2 aromatic rings. The van der Waals surface area contributed by atoms with E-state index in [4.69, 9.17) is 10.5 Å². The number of nitrogen functional groups attached to an aromatic ring is 1. The molecule has 0 fully saturated rings. The highest BCUT2D eigenvalue weighted by Crippen LogP contribution is 2.29. The number of rotatable bonds is 6. The lowest BCUT2D eigenvalue weighted by molar-refractivity contribution is 0.231. The summed E-state index contributed by atoms with van der Waals surface area (Å²) in [6, 6.07) is 7.27. The molecular weight excluding hydrogens is 287 g/mol. The summed E-state index contributed by atoms with van der Waals surface area (Å²) < 4.78 is 19.3. The summed E-state index contributed by atoms with van der Waals surface area (Å²) in [5, 5.41) is 5.38. The van der Waals surface area contributed by atoms with Gasteiger partial charge in [-0.15, -0.1) is 11.3 Å². The maximum atomic E-state index is 13.8. The van der Waals surface area contributed by atoms with Crippen LogP contribution in [-0.4, -0.2) is 12.1 Å². The highest BCUT2D eigenvalue weighted by Gasteiger charge is 2.13.